The Balaban J connectivity index is 1.79. The number of fused-ring (bicyclic) bond motifs is 1. The van der Waals surface area contributed by atoms with E-state index in [0.29, 0.717) is 6.54 Å². The molecule has 4 heteroatoms. The second-order valence-electron chi connectivity index (χ2n) is 4.55. The molecule has 1 aliphatic rings. The Labute approximate surface area is 105 Å². The Bertz CT molecular complexity index is 591. The predicted octanol–water partition coefficient (Wildman–Crippen LogP) is 1.13. The fraction of sp³-hybridized carbons (Fsp3) is 0.286. The van der Waals surface area contributed by atoms with E-state index >= 15 is 0 Å². The van der Waals surface area contributed by atoms with Crippen molar-refractivity contribution in [2.45, 2.75) is 19.5 Å². The van der Waals surface area contributed by atoms with E-state index in [1.165, 1.54) is 5.56 Å². The van der Waals surface area contributed by atoms with Crippen LogP contribution in [0, 0.1) is 6.33 Å². The maximum absolute atomic E-state index is 11.7. The first-order chi connectivity index (χ1) is 8.83. The highest BCUT2D eigenvalue weighted by atomic mass is 16.1. The molecule has 0 unspecified atom stereocenters. The SMILES string of the molecule is O=c1[nH][c]nc2c1CN(Cc1ccccc1)CC2. The van der Waals surface area contributed by atoms with Crippen LogP contribution in [0.2, 0.25) is 0 Å². The molecule has 0 amide bonds. The Morgan fingerprint density at radius 1 is 1.33 bits per heavy atom. The normalized spacial score (nSPS) is 15.3. The van der Waals surface area contributed by atoms with Crippen LogP contribution < -0.4 is 5.56 Å². The number of benzene rings is 1. The fourth-order valence-corrected chi connectivity index (χ4v) is 2.33. The van der Waals surface area contributed by atoms with Crippen LogP contribution in [0.1, 0.15) is 16.8 Å². The van der Waals surface area contributed by atoms with Gasteiger partial charge >= 0.3 is 0 Å². The topological polar surface area (TPSA) is 49.0 Å². The van der Waals surface area contributed by atoms with Gasteiger partial charge in [0.2, 0.25) is 0 Å². The minimum absolute atomic E-state index is 0.0576. The quantitative estimate of drug-likeness (QED) is 0.856. The number of H-pyrrole nitrogens is 1. The van der Waals surface area contributed by atoms with Gasteiger partial charge in [-0.2, -0.15) is 0 Å². The van der Waals surface area contributed by atoms with Crippen LogP contribution >= 0.6 is 0 Å². The lowest BCUT2D eigenvalue weighted by atomic mass is 10.1. The number of nitrogens with one attached hydrogen (secondary N) is 1. The summed E-state index contributed by atoms with van der Waals surface area (Å²) < 4.78 is 0. The largest absolute Gasteiger partial charge is 0.304 e. The van der Waals surface area contributed by atoms with Crippen LogP contribution in [0.15, 0.2) is 35.1 Å². The molecule has 2 heterocycles. The third-order valence-corrected chi connectivity index (χ3v) is 3.28. The number of hydrogen-bond donors (Lipinski definition) is 1. The molecule has 2 aromatic rings. The lowest BCUT2D eigenvalue weighted by Crippen LogP contribution is -2.35. The van der Waals surface area contributed by atoms with E-state index in [1.807, 2.05) is 18.2 Å². The van der Waals surface area contributed by atoms with Gasteiger partial charge in [-0.15, -0.1) is 0 Å². The maximum atomic E-state index is 11.7. The van der Waals surface area contributed by atoms with Gasteiger partial charge in [0.05, 0.1) is 11.3 Å². The van der Waals surface area contributed by atoms with E-state index in [2.05, 4.69) is 33.3 Å². The summed E-state index contributed by atoms with van der Waals surface area (Å²) in [5, 5.41) is 0. The molecular weight excluding hydrogens is 226 g/mol. The van der Waals surface area contributed by atoms with Crippen LogP contribution in [0.25, 0.3) is 0 Å². The lowest BCUT2D eigenvalue weighted by Gasteiger charge is -2.27. The van der Waals surface area contributed by atoms with Crippen molar-refractivity contribution >= 4 is 0 Å². The van der Waals surface area contributed by atoms with Gasteiger partial charge in [0.15, 0.2) is 6.33 Å². The van der Waals surface area contributed by atoms with Gasteiger partial charge in [-0.25, -0.2) is 4.98 Å². The molecule has 1 radical (unpaired) electrons. The zero-order chi connectivity index (χ0) is 12.4. The van der Waals surface area contributed by atoms with Gasteiger partial charge in [0.25, 0.3) is 5.56 Å². The third kappa shape index (κ3) is 2.19. The second kappa shape index (κ2) is 4.74. The minimum Gasteiger partial charge on any atom is -0.304 e. The average Bonchev–Trinajstić information content (AvgIpc) is 2.41. The molecular formula is C14H14N3O. The summed E-state index contributed by atoms with van der Waals surface area (Å²) in [6.45, 7) is 2.48. The van der Waals surface area contributed by atoms with Gasteiger partial charge in [-0.1, -0.05) is 30.3 Å². The average molecular weight is 240 g/mol. The maximum Gasteiger partial charge on any atom is 0.256 e. The van der Waals surface area contributed by atoms with E-state index in [9.17, 15) is 4.79 Å². The first kappa shape index (κ1) is 11.2. The van der Waals surface area contributed by atoms with Crippen LogP contribution in [0.4, 0.5) is 0 Å². The Morgan fingerprint density at radius 3 is 3.00 bits per heavy atom. The molecule has 1 N–H and O–H groups in total. The first-order valence-corrected chi connectivity index (χ1v) is 6.07. The van der Waals surface area contributed by atoms with Crippen molar-refractivity contribution in [1.29, 1.82) is 0 Å². The standard InChI is InChI=1S/C14H14N3O/c18-14-12-9-17(7-6-13(12)15-10-16-14)8-11-4-2-1-3-5-11/h1-5H,6-9H2,(H,15,16,18). The van der Waals surface area contributed by atoms with E-state index in [0.717, 1.165) is 30.8 Å². The summed E-state index contributed by atoms with van der Waals surface area (Å²) in [5.74, 6) is 0. The predicted molar refractivity (Wildman–Crippen MR) is 68.0 cm³/mol. The molecule has 18 heavy (non-hydrogen) atoms. The van der Waals surface area contributed by atoms with Crippen LogP contribution in [-0.4, -0.2) is 21.4 Å². The fourth-order valence-electron chi connectivity index (χ4n) is 2.33. The number of aromatic amines is 1. The second-order valence-corrected chi connectivity index (χ2v) is 4.55. The lowest BCUT2D eigenvalue weighted by molar-refractivity contribution is 0.241. The van der Waals surface area contributed by atoms with Crippen molar-refractivity contribution in [2.24, 2.45) is 0 Å². The van der Waals surface area contributed by atoms with Crippen LogP contribution in [0.5, 0.6) is 0 Å². The highest BCUT2D eigenvalue weighted by Gasteiger charge is 2.19. The molecule has 91 valence electrons. The molecule has 0 bridgehead atoms. The number of aromatic nitrogens is 2. The Kier molecular flexibility index (Phi) is 2.94. The van der Waals surface area contributed by atoms with Gasteiger partial charge in [-0.3, -0.25) is 9.69 Å². The monoisotopic (exact) mass is 240 g/mol. The molecule has 1 aromatic heterocycles. The van der Waals surface area contributed by atoms with Crippen LogP contribution in [0.3, 0.4) is 0 Å². The van der Waals surface area contributed by atoms with Crippen LogP contribution in [-0.2, 0) is 19.5 Å². The summed E-state index contributed by atoms with van der Waals surface area (Å²) >= 11 is 0. The van der Waals surface area contributed by atoms with Crippen molar-refractivity contribution in [3.63, 3.8) is 0 Å². The van der Waals surface area contributed by atoms with E-state index in [-0.39, 0.29) is 5.56 Å². The third-order valence-electron chi connectivity index (χ3n) is 3.28. The summed E-state index contributed by atoms with van der Waals surface area (Å²) in [4.78, 5) is 20.6. The summed E-state index contributed by atoms with van der Waals surface area (Å²) in [7, 11) is 0. The number of hydrogen-bond acceptors (Lipinski definition) is 3. The van der Waals surface area contributed by atoms with E-state index in [4.69, 9.17) is 0 Å². The molecule has 1 aromatic carbocycles. The summed E-state index contributed by atoms with van der Waals surface area (Å²) in [6.07, 6.45) is 3.37. The van der Waals surface area contributed by atoms with Crippen molar-refractivity contribution < 1.29 is 0 Å². The Morgan fingerprint density at radius 2 is 2.17 bits per heavy atom. The molecule has 0 saturated carbocycles. The molecule has 0 aliphatic carbocycles. The Hall–Kier alpha value is -1.94. The van der Waals surface area contributed by atoms with Gasteiger partial charge < -0.3 is 4.98 Å². The zero-order valence-corrected chi connectivity index (χ0v) is 10.0. The highest BCUT2D eigenvalue weighted by molar-refractivity contribution is 5.20. The zero-order valence-electron chi connectivity index (χ0n) is 10.0. The van der Waals surface area contributed by atoms with Crippen molar-refractivity contribution in [1.82, 2.24) is 14.9 Å². The molecule has 0 atom stereocenters. The van der Waals surface area contributed by atoms with Gasteiger partial charge in [-0.05, 0) is 5.56 Å². The smallest absolute Gasteiger partial charge is 0.256 e. The summed E-state index contributed by atoms with van der Waals surface area (Å²) in [6, 6.07) is 10.3. The molecule has 0 spiro atoms. The van der Waals surface area contributed by atoms with E-state index in [1.54, 1.807) is 0 Å². The molecule has 3 rings (SSSR count). The van der Waals surface area contributed by atoms with Crippen molar-refractivity contribution in [2.75, 3.05) is 6.54 Å². The number of nitrogens with zero attached hydrogens (tertiary/aromatic N) is 2. The molecule has 1 aliphatic heterocycles. The summed E-state index contributed by atoms with van der Waals surface area (Å²) in [5.41, 5.74) is 2.89. The van der Waals surface area contributed by atoms with Crippen molar-refractivity contribution in [3.8, 4) is 0 Å². The molecule has 0 saturated heterocycles. The minimum atomic E-state index is -0.0576. The molecule has 0 fully saturated rings. The van der Waals surface area contributed by atoms with E-state index < -0.39 is 0 Å². The van der Waals surface area contributed by atoms with Gasteiger partial charge in [0, 0.05) is 26.1 Å². The number of rotatable bonds is 2. The molecule has 4 nitrogen and oxygen atoms in total. The van der Waals surface area contributed by atoms with Gasteiger partial charge in [0.1, 0.15) is 0 Å². The first-order valence-electron chi connectivity index (χ1n) is 6.07. The van der Waals surface area contributed by atoms with Crippen molar-refractivity contribution in [3.05, 3.63) is 63.8 Å². The highest BCUT2D eigenvalue weighted by Crippen LogP contribution is 2.15.